The van der Waals surface area contributed by atoms with E-state index >= 15 is 0 Å². The van der Waals surface area contributed by atoms with Crippen molar-refractivity contribution < 1.29 is 14.6 Å². The van der Waals surface area contributed by atoms with Crippen LogP contribution in [-0.2, 0) is 9.53 Å². The van der Waals surface area contributed by atoms with E-state index in [0.29, 0.717) is 0 Å². The molecule has 0 saturated heterocycles. The van der Waals surface area contributed by atoms with Crippen LogP contribution in [0.1, 0.15) is 90.9 Å². The first-order valence-electron chi connectivity index (χ1n) is 10.0. The van der Waals surface area contributed by atoms with Crippen LogP contribution in [0.2, 0.25) is 0 Å². The molecular weight excluding hydrogens is 288 g/mol. The number of hydrogen-bond acceptors (Lipinski definition) is 3. The average Bonchev–Trinajstić information content (AvgIpc) is 2.56. The van der Waals surface area contributed by atoms with Gasteiger partial charge in [0.25, 0.3) is 0 Å². The molecule has 0 amide bonds. The number of hydrogen-bond donors (Lipinski definition) is 1. The number of rotatable bonds is 7. The van der Waals surface area contributed by atoms with Crippen molar-refractivity contribution in [2.24, 2.45) is 17.8 Å². The fraction of sp³-hybridized carbons (Fsp3) is 0.950. The normalized spacial score (nSPS) is 32.0. The number of carbonyl (C=O) groups is 1. The van der Waals surface area contributed by atoms with Crippen molar-refractivity contribution in [1.82, 2.24) is 0 Å². The van der Waals surface area contributed by atoms with E-state index < -0.39 is 0 Å². The van der Waals surface area contributed by atoms with Gasteiger partial charge in [0.15, 0.2) is 0 Å². The van der Waals surface area contributed by atoms with Gasteiger partial charge in [-0.15, -0.1) is 0 Å². The Kier molecular flexibility index (Phi) is 7.88. The zero-order chi connectivity index (χ0) is 16.7. The Morgan fingerprint density at radius 1 is 0.913 bits per heavy atom. The minimum Gasteiger partial charge on any atom is -0.462 e. The summed E-state index contributed by atoms with van der Waals surface area (Å²) in [5.74, 6) is 1.75. The molecule has 0 bridgehead atoms. The van der Waals surface area contributed by atoms with E-state index in [9.17, 15) is 9.90 Å². The number of esters is 1. The smallest absolute Gasteiger partial charge is 0.309 e. The van der Waals surface area contributed by atoms with E-state index in [2.05, 4.69) is 13.8 Å². The van der Waals surface area contributed by atoms with Crippen molar-refractivity contribution in [2.45, 2.75) is 103 Å². The van der Waals surface area contributed by atoms with Crippen molar-refractivity contribution in [1.29, 1.82) is 0 Å². The zero-order valence-corrected chi connectivity index (χ0v) is 15.1. The minimum absolute atomic E-state index is 0.0536. The lowest BCUT2D eigenvalue weighted by Crippen LogP contribution is -2.32. The molecule has 0 aromatic rings. The molecule has 0 spiro atoms. The second-order valence-electron chi connectivity index (χ2n) is 7.82. The molecule has 2 aliphatic rings. The van der Waals surface area contributed by atoms with Crippen LogP contribution in [0.4, 0.5) is 0 Å². The molecule has 2 fully saturated rings. The van der Waals surface area contributed by atoms with Crippen molar-refractivity contribution >= 4 is 5.97 Å². The highest BCUT2D eigenvalue weighted by atomic mass is 16.5. The Bertz CT molecular complexity index is 333. The van der Waals surface area contributed by atoms with E-state index in [1.807, 2.05) is 0 Å². The van der Waals surface area contributed by atoms with Gasteiger partial charge in [-0.25, -0.2) is 0 Å². The van der Waals surface area contributed by atoms with Gasteiger partial charge >= 0.3 is 5.97 Å². The molecule has 0 unspecified atom stereocenters. The van der Waals surface area contributed by atoms with E-state index in [-0.39, 0.29) is 24.1 Å². The first-order valence-corrected chi connectivity index (χ1v) is 10.0. The van der Waals surface area contributed by atoms with Gasteiger partial charge < -0.3 is 9.84 Å². The maximum atomic E-state index is 12.4. The Morgan fingerprint density at radius 2 is 1.39 bits per heavy atom. The number of carbonyl (C=O) groups excluding carboxylic acids is 1. The van der Waals surface area contributed by atoms with E-state index in [0.717, 1.165) is 63.2 Å². The molecular formula is C20H36O3. The van der Waals surface area contributed by atoms with Crippen LogP contribution in [0, 0.1) is 17.8 Å². The van der Waals surface area contributed by atoms with Crippen LogP contribution < -0.4 is 0 Å². The summed E-state index contributed by atoms with van der Waals surface area (Å²) in [4.78, 5) is 12.4. The van der Waals surface area contributed by atoms with Crippen LogP contribution in [0.5, 0.6) is 0 Å². The first-order chi connectivity index (χ1) is 11.1. The molecule has 0 aliphatic heterocycles. The Morgan fingerprint density at radius 3 is 1.87 bits per heavy atom. The molecule has 0 heterocycles. The van der Waals surface area contributed by atoms with Gasteiger partial charge in [-0.3, -0.25) is 4.79 Å². The summed E-state index contributed by atoms with van der Waals surface area (Å²) in [6, 6.07) is 0. The van der Waals surface area contributed by atoms with Crippen LogP contribution in [-0.4, -0.2) is 23.3 Å². The van der Waals surface area contributed by atoms with Gasteiger partial charge in [-0.05, 0) is 76.0 Å². The number of ether oxygens (including phenoxy) is 1. The van der Waals surface area contributed by atoms with E-state index in [1.54, 1.807) is 0 Å². The second-order valence-corrected chi connectivity index (χ2v) is 7.82. The lowest BCUT2D eigenvalue weighted by Gasteiger charge is -2.36. The molecule has 1 N–H and O–H groups in total. The third-order valence-electron chi connectivity index (χ3n) is 6.02. The van der Waals surface area contributed by atoms with Crippen molar-refractivity contribution in [3.63, 3.8) is 0 Å². The Balaban J connectivity index is 1.72. The molecule has 134 valence electrons. The molecule has 0 aromatic heterocycles. The van der Waals surface area contributed by atoms with E-state index in [1.165, 1.54) is 25.7 Å². The predicted molar refractivity (Wildman–Crippen MR) is 93.1 cm³/mol. The minimum atomic E-state index is -0.0578. The predicted octanol–water partition coefficient (Wildman–Crippen LogP) is 4.86. The fourth-order valence-electron chi connectivity index (χ4n) is 4.59. The standard InChI is InChI=1S/C20H36O3/c1-3-5-17(6-4-2)20(22)23-19-13-9-16(10-14-19)15-7-11-18(21)12-8-15/h15-19,21H,3-14H2,1-2H3. The lowest BCUT2D eigenvalue weighted by molar-refractivity contribution is -0.156. The van der Waals surface area contributed by atoms with Gasteiger partial charge in [-0.1, -0.05) is 26.7 Å². The summed E-state index contributed by atoms with van der Waals surface area (Å²) in [5.41, 5.74) is 0. The van der Waals surface area contributed by atoms with Crippen molar-refractivity contribution in [2.75, 3.05) is 0 Å². The summed E-state index contributed by atoms with van der Waals surface area (Å²) < 4.78 is 5.83. The number of aliphatic hydroxyl groups excluding tert-OH is 1. The molecule has 2 saturated carbocycles. The second kappa shape index (κ2) is 9.66. The van der Waals surface area contributed by atoms with Crippen LogP contribution in [0.15, 0.2) is 0 Å². The Labute approximate surface area is 142 Å². The zero-order valence-electron chi connectivity index (χ0n) is 15.1. The highest BCUT2D eigenvalue weighted by molar-refractivity contribution is 5.72. The quantitative estimate of drug-likeness (QED) is 0.681. The van der Waals surface area contributed by atoms with Gasteiger partial charge in [0, 0.05) is 0 Å². The molecule has 23 heavy (non-hydrogen) atoms. The lowest BCUT2D eigenvalue weighted by atomic mass is 9.72. The van der Waals surface area contributed by atoms with Gasteiger partial charge in [0.05, 0.1) is 12.0 Å². The van der Waals surface area contributed by atoms with Gasteiger partial charge in [-0.2, -0.15) is 0 Å². The van der Waals surface area contributed by atoms with Crippen molar-refractivity contribution in [3.05, 3.63) is 0 Å². The summed E-state index contributed by atoms with van der Waals surface area (Å²) in [5, 5.41) is 9.65. The van der Waals surface area contributed by atoms with Crippen LogP contribution in [0.3, 0.4) is 0 Å². The average molecular weight is 325 g/mol. The maximum absolute atomic E-state index is 12.4. The Hall–Kier alpha value is -0.570. The highest BCUT2D eigenvalue weighted by Crippen LogP contribution is 2.39. The van der Waals surface area contributed by atoms with Gasteiger partial charge in [0.2, 0.25) is 0 Å². The topological polar surface area (TPSA) is 46.5 Å². The summed E-state index contributed by atoms with van der Waals surface area (Å²) in [7, 11) is 0. The molecule has 0 aromatic carbocycles. The SMILES string of the molecule is CCCC(CCC)C(=O)OC1CCC(C2CCC(O)CC2)CC1. The fourth-order valence-corrected chi connectivity index (χ4v) is 4.59. The summed E-state index contributed by atoms with van der Waals surface area (Å²) >= 11 is 0. The third kappa shape index (κ3) is 5.77. The van der Waals surface area contributed by atoms with Crippen molar-refractivity contribution in [3.8, 4) is 0 Å². The van der Waals surface area contributed by atoms with Gasteiger partial charge in [0.1, 0.15) is 6.10 Å². The van der Waals surface area contributed by atoms with Crippen LogP contribution in [0.25, 0.3) is 0 Å². The molecule has 3 nitrogen and oxygen atoms in total. The molecule has 3 heteroatoms. The third-order valence-corrected chi connectivity index (χ3v) is 6.02. The molecule has 0 radical (unpaired) electrons. The molecule has 0 atom stereocenters. The first kappa shape index (κ1) is 18.8. The number of aliphatic hydroxyl groups is 1. The largest absolute Gasteiger partial charge is 0.462 e. The summed E-state index contributed by atoms with van der Waals surface area (Å²) in [6.07, 6.45) is 13.0. The monoisotopic (exact) mass is 324 g/mol. The van der Waals surface area contributed by atoms with E-state index in [4.69, 9.17) is 4.74 Å². The summed E-state index contributed by atoms with van der Waals surface area (Å²) in [6.45, 7) is 4.28. The highest BCUT2D eigenvalue weighted by Gasteiger charge is 2.32. The van der Waals surface area contributed by atoms with Crippen LogP contribution >= 0.6 is 0 Å². The molecule has 2 aliphatic carbocycles. The molecule has 2 rings (SSSR count). The maximum Gasteiger partial charge on any atom is 0.309 e.